The highest BCUT2D eigenvalue weighted by atomic mass is 32.1. The van der Waals surface area contributed by atoms with Gasteiger partial charge in [-0.25, -0.2) is 4.98 Å². The van der Waals surface area contributed by atoms with Crippen LogP contribution >= 0.6 is 11.3 Å². The molecule has 1 aromatic heterocycles. The number of thiazole rings is 1. The van der Waals surface area contributed by atoms with Gasteiger partial charge in [0.1, 0.15) is 11.3 Å². The zero-order valence-corrected chi connectivity index (χ0v) is 15.6. The van der Waals surface area contributed by atoms with E-state index in [0.29, 0.717) is 35.2 Å². The van der Waals surface area contributed by atoms with Gasteiger partial charge in [0.2, 0.25) is 5.13 Å². The second-order valence-electron chi connectivity index (χ2n) is 5.47. The van der Waals surface area contributed by atoms with E-state index < -0.39 is 5.97 Å². The van der Waals surface area contributed by atoms with E-state index in [9.17, 15) is 9.59 Å². The number of ether oxygens (including phenoxy) is 2. The number of hydrogen-bond donors (Lipinski definition) is 0. The zero-order valence-electron chi connectivity index (χ0n) is 14.8. The summed E-state index contributed by atoms with van der Waals surface area (Å²) in [5.74, 6) is -0.288. The van der Waals surface area contributed by atoms with Crippen molar-refractivity contribution in [3.8, 4) is 0 Å². The molecular formula is C18H19N3O4S. The largest absolute Gasteiger partial charge is 0.497 e. The summed E-state index contributed by atoms with van der Waals surface area (Å²) in [5, 5.41) is 6.07. The summed E-state index contributed by atoms with van der Waals surface area (Å²) < 4.78 is 11.3. The molecule has 3 rings (SSSR count). The molecule has 0 atom stereocenters. The number of carbonyl (C=O) groups excluding carboxylic acids is 2. The fourth-order valence-electron chi connectivity index (χ4n) is 2.66. The molecule has 0 saturated heterocycles. The quantitative estimate of drug-likeness (QED) is 0.441. The summed E-state index contributed by atoms with van der Waals surface area (Å²) in [6.45, 7) is 4.16. The fraction of sp³-hybridized carbons (Fsp3) is 0.333. The molecule has 1 aromatic carbocycles. The summed E-state index contributed by atoms with van der Waals surface area (Å²) in [6.07, 6.45) is 0.415. The number of anilines is 1. The highest BCUT2D eigenvalue weighted by Crippen LogP contribution is 2.33. The van der Waals surface area contributed by atoms with Gasteiger partial charge >= 0.3 is 5.97 Å². The van der Waals surface area contributed by atoms with Gasteiger partial charge in [0, 0.05) is 6.42 Å². The monoisotopic (exact) mass is 373 g/mol. The normalized spacial score (nSPS) is 16.0. The van der Waals surface area contributed by atoms with Crippen molar-refractivity contribution >= 4 is 44.3 Å². The Morgan fingerprint density at radius 3 is 2.69 bits per heavy atom. The maximum absolute atomic E-state index is 13.0. The number of para-hydroxylation sites is 1. The number of carbonyl (C=O) groups is 2. The minimum atomic E-state index is -0.466. The Kier molecular flexibility index (Phi) is 5.32. The molecule has 0 N–H and O–H groups in total. The van der Waals surface area contributed by atoms with E-state index in [4.69, 9.17) is 9.47 Å². The molecule has 2 heterocycles. The van der Waals surface area contributed by atoms with E-state index in [1.54, 1.807) is 0 Å². The van der Waals surface area contributed by atoms with Crippen molar-refractivity contribution in [2.75, 3.05) is 18.7 Å². The lowest BCUT2D eigenvalue weighted by Crippen LogP contribution is -2.23. The molecule has 0 saturated carbocycles. The van der Waals surface area contributed by atoms with Crippen LogP contribution in [0.4, 0.5) is 5.13 Å². The molecule has 0 spiro atoms. The smallest absolute Gasteiger partial charge is 0.311 e. The lowest BCUT2D eigenvalue weighted by molar-refractivity contribution is -0.139. The molecule has 1 aliphatic heterocycles. The van der Waals surface area contributed by atoms with Crippen LogP contribution in [0.5, 0.6) is 0 Å². The van der Waals surface area contributed by atoms with E-state index in [-0.39, 0.29) is 12.3 Å². The summed E-state index contributed by atoms with van der Waals surface area (Å²) >= 11 is 1.37. The van der Waals surface area contributed by atoms with E-state index in [1.807, 2.05) is 38.1 Å². The van der Waals surface area contributed by atoms with Gasteiger partial charge in [-0.05, 0) is 19.1 Å². The first kappa shape index (κ1) is 18.1. The standard InChI is InChI=1S/C18H19N3O4S/c1-4-13(25-5-2)16-12(10-15(22)24-3)20-21(17(16)23)18-19-11-8-6-7-9-14(11)26-18/h6-9H,4-5,10H2,1-3H3. The number of hydrogen-bond acceptors (Lipinski definition) is 7. The molecular weight excluding hydrogens is 354 g/mol. The third-order valence-electron chi connectivity index (χ3n) is 3.84. The molecule has 0 unspecified atom stereocenters. The summed E-state index contributed by atoms with van der Waals surface area (Å²) in [4.78, 5) is 29.3. The number of allylic oxidation sites excluding steroid dienone is 1. The number of nitrogens with zero attached hydrogens (tertiary/aromatic N) is 3. The third kappa shape index (κ3) is 3.32. The Hall–Kier alpha value is -2.74. The van der Waals surface area contributed by atoms with Crippen molar-refractivity contribution in [1.82, 2.24) is 4.98 Å². The number of rotatable bonds is 6. The third-order valence-corrected chi connectivity index (χ3v) is 4.85. The minimum absolute atomic E-state index is 0.102. The molecule has 1 aliphatic rings. The van der Waals surface area contributed by atoms with Gasteiger partial charge in [-0.1, -0.05) is 30.4 Å². The summed E-state index contributed by atoms with van der Waals surface area (Å²) in [7, 11) is 1.30. The molecule has 0 fully saturated rings. The molecule has 26 heavy (non-hydrogen) atoms. The zero-order chi connectivity index (χ0) is 18.7. The lowest BCUT2D eigenvalue weighted by atomic mass is 10.1. The Morgan fingerprint density at radius 2 is 2.04 bits per heavy atom. The first-order chi connectivity index (χ1) is 12.6. The molecule has 0 aliphatic carbocycles. The molecule has 0 radical (unpaired) electrons. The van der Waals surface area contributed by atoms with Crippen molar-refractivity contribution in [1.29, 1.82) is 0 Å². The van der Waals surface area contributed by atoms with Crippen LogP contribution in [0.25, 0.3) is 10.2 Å². The Morgan fingerprint density at radius 1 is 1.27 bits per heavy atom. The average Bonchev–Trinajstić information content (AvgIpc) is 3.21. The van der Waals surface area contributed by atoms with E-state index in [0.717, 1.165) is 10.2 Å². The van der Waals surface area contributed by atoms with Crippen molar-refractivity contribution in [3.63, 3.8) is 0 Å². The molecule has 0 bridgehead atoms. The van der Waals surface area contributed by atoms with E-state index >= 15 is 0 Å². The van der Waals surface area contributed by atoms with Crippen molar-refractivity contribution < 1.29 is 19.1 Å². The number of fused-ring (bicyclic) bond motifs is 1. The van der Waals surface area contributed by atoms with Crippen LogP contribution in [0.1, 0.15) is 26.7 Å². The van der Waals surface area contributed by atoms with Crippen molar-refractivity contribution in [2.45, 2.75) is 26.7 Å². The summed E-state index contributed by atoms with van der Waals surface area (Å²) in [5.41, 5.74) is 1.45. The molecule has 8 heteroatoms. The van der Waals surface area contributed by atoms with Crippen LogP contribution in [-0.2, 0) is 19.1 Å². The van der Waals surface area contributed by atoms with Gasteiger partial charge in [0.05, 0.1) is 36.1 Å². The molecule has 1 amide bonds. The Bertz CT molecular complexity index is 883. The Labute approximate surface area is 154 Å². The number of amides is 1. The van der Waals surface area contributed by atoms with Crippen molar-refractivity contribution in [3.05, 3.63) is 35.6 Å². The highest BCUT2D eigenvalue weighted by Gasteiger charge is 2.37. The highest BCUT2D eigenvalue weighted by molar-refractivity contribution is 7.22. The van der Waals surface area contributed by atoms with Crippen LogP contribution in [0.3, 0.4) is 0 Å². The van der Waals surface area contributed by atoms with Gasteiger partial charge < -0.3 is 9.47 Å². The SMILES string of the molecule is CCOC(CC)=C1C(=O)N(c2nc3ccccc3s2)N=C1CC(=O)OC. The van der Waals surface area contributed by atoms with Gasteiger partial charge in [-0.15, -0.1) is 0 Å². The van der Waals surface area contributed by atoms with Crippen LogP contribution in [0.15, 0.2) is 40.7 Å². The van der Waals surface area contributed by atoms with Crippen LogP contribution < -0.4 is 5.01 Å². The minimum Gasteiger partial charge on any atom is -0.497 e. The topological polar surface area (TPSA) is 81.1 Å². The molecule has 136 valence electrons. The van der Waals surface area contributed by atoms with Crippen LogP contribution in [-0.4, -0.2) is 36.3 Å². The van der Waals surface area contributed by atoms with Gasteiger partial charge in [-0.3, -0.25) is 9.59 Å². The lowest BCUT2D eigenvalue weighted by Gasteiger charge is -2.11. The predicted octanol–water partition coefficient (Wildman–Crippen LogP) is 3.26. The van der Waals surface area contributed by atoms with E-state index in [2.05, 4.69) is 10.1 Å². The second-order valence-corrected chi connectivity index (χ2v) is 6.47. The molecule has 2 aromatic rings. The second kappa shape index (κ2) is 7.65. The van der Waals surface area contributed by atoms with Crippen LogP contribution in [0.2, 0.25) is 0 Å². The van der Waals surface area contributed by atoms with Crippen LogP contribution in [0, 0.1) is 0 Å². The van der Waals surface area contributed by atoms with E-state index in [1.165, 1.54) is 23.5 Å². The number of hydrazone groups is 1. The number of methoxy groups -OCH3 is 1. The van der Waals surface area contributed by atoms with Crippen molar-refractivity contribution in [2.24, 2.45) is 5.10 Å². The fourth-order valence-corrected chi connectivity index (χ4v) is 3.58. The van der Waals surface area contributed by atoms with Gasteiger partial charge in [0.25, 0.3) is 5.91 Å². The van der Waals surface area contributed by atoms with Gasteiger partial charge in [0.15, 0.2) is 0 Å². The first-order valence-corrected chi connectivity index (χ1v) is 9.11. The number of aromatic nitrogens is 1. The number of esters is 1. The molecule has 7 nitrogen and oxygen atoms in total. The maximum Gasteiger partial charge on any atom is 0.311 e. The van der Waals surface area contributed by atoms with Gasteiger partial charge in [-0.2, -0.15) is 10.1 Å². The first-order valence-electron chi connectivity index (χ1n) is 8.29. The average molecular weight is 373 g/mol. The predicted molar refractivity (Wildman–Crippen MR) is 100 cm³/mol. The summed E-state index contributed by atoms with van der Waals surface area (Å²) in [6, 6.07) is 7.62. The number of benzene rings is 1. The maximum atomic E-state index is 13.0. The Balaban J connectivity index is 2.06.